The van der Waals surface area contributed by atoms with E-state index in [0.717, 1.165) is 22.5 Å². The fourth-order valence-electron chi connectivity index (χ4n) is 5.99. The molecule has 0 aliphatic heterocycles. The van der Waals surface area contributed by atoms with Crippen molar-refractivity contribution in [1.29, 1.82) is 0 Å². The topological polar surface area (TPSA) is 159 Å². The number of aryl methyl sites for hydroxylation is 1. The number of pyridine rings is 1. The summed E-state index contributed by atoms with van der Waals surface area (Å²) in [6.07, 6.45) is 1.49. The van der Waals surface area contributed by atoms with Gasteiger partial charge in [0.2, 0.25) is 10.0 Å². The van der Waals surface area contributed by atoms with Crippen LogP contribution in [0.5, 0.6) is 5.75 Å². The number of esters is 3. The number of rotatable bonds is 13. The number of carbonyl (C=O) groups is 3. The van der Waals surface area contributed by atoms with Crippen molar-refractivity contribution < 1.29 is 50.9 Å². The molecule has 0 aliphatic carbocycles. The predicted molar refractivity (Wildman–Crippen MR) is 236 cm³/mol. The van der Waals surface area contributed by atoms with E-state index in [1.54, 1.807) is 47.9 Å². The van der Waals surface area contributed by atoms with Gasteiger partial charge in [0, 0.05) is 18.8 Å². The van der Waals surface area contributed by atoms with Crippen LogP contribution in [0, 0.1) is 18.6 Å². The number of benzene rings is 3. The Bertz CT molecular complexity index is 2690. The molecule has 3 heterocycles. The summed E-state index contributed by atoms with van der Waals surface area (Å²) in [5, 5.41) is 10.8. The summed E-state index contributed by atoms with van der Waals surface area (Å²) in [6, 6.07) is 18.1. The number of carbonyl (C=O) groups excluding carboxylic acids is 3. The Morgan fingerprint density at radius 2 is 1.33 bits per heavy atom. The molecule has 61 heavy (non-hydrogen) atoms. The number of methoxy groups -OCH3 is 2. The van der Waals surface area contributed by atoms with Gasteiger partial charge in [0.1, 0.15) is 27.4 Å². The lowest BCUT2D eigenvalue weighted by Gasteiger charge is -2.23. The first-order chi connectivity index (χ1) is 28.9. The number of hydrogen-bond acceptors (Lipinski definition) is 10. The SMILES string of the molecule is CCOC(=O)c1c(Br)c(Br)n(Cc2ccc(F)cc2)c1CN(CC(=O)OC)S(=O)(=O)c1ccc(C)cc1.COC(=O)c1ncc2c(c1O)c(Br)c(Br)n2Cc1ccc(F)cc1. The largest absolute Gasteiger partial charge is 0.505 e. The van der Waals surface area contributed by atoms with Crippen LogP contribution in [-0.4, -0.2) is 77.2 Å². The van der Waals surface area contributed by atoms with E-state index >= 15 is 0 Å². The minimum atomic E-state index is -4.19. The van der Waals surface area contributed by atoms with Crippen LogP contribution >= 0.6 is 63.7 Å². The Kier molecular flexibility index (Phi) is 16.1. The third-order valence-electron chi connectivity index (χ3n) is 9.10. The van der Waals surface area contributed by atoms with Crippen molar-refractivity contribution in [2.24, 2.45) is 0 Å². The van der Waals surface area contributed by atoms with Crippen LogP contribution in [0.3, 0.4) is 0 Å². The van der Waals surface area contributed by atoms with Crippen molar-refractivity contribution >= 4 is 103 Å². The second kappa shape index (κ2) is 20.6. The molecule has 322 valence electrons. The fourth-order valence-corrected chi connectivity index (χ4v) is 9.60. The highest BCUT2D eigenvalue weighted by molar-refractivity contribution is 9.13. The maximum absolute atomic E-state index is 13.6. The summed E-state index contributed by atoms with van der Waals surface area (Å²) in [6.45, 7) is 3.23. The van der Waals surface area contributed by atoms with Gasteiger partial charge >= 0.3 is 17.9 Å². The van der Waals surface area contributed by atoms with Crippen LogP contribution in [0.1, 0.15) is 50.2 Å². The van der Waals surface area contributed by atoms with Crippen molar-refractivity contribution in [2.45, 2.75) is 38.4 Å². The van der Waals surface area contributed by atoms with E-state index in [2.05, 4.69) is 73.4 Å². The number of aromatic hydroxyl groups is 1. The van der Waals surface area contributed by atoms with Crippen LogP contribution in [0.15, 0.2) is 102 Å². The van der Waals surface area contributed by atoms with Crippen LogP contribution < -0.4 is 0 Å². The molecule has 0 atom stereocenters. The van der Waals surface area contributed by atoms with E-state index in [1.165, 1.54) is 49.7 Å². The summed E-state index contributed by atoms with van der Waals surface area (Å²) in [5.41, 5.74) is 3.26. The quantitative estimate of drug-likeness (QED) is 0.0873. The highest BCUT2D eigenvalue weighted by atomic mass is 79.9. The molecule has 3 aromatic heterocycles. The zero-order valence-electron chi connectivity index (χ0n) is 32.7. The number of sulfonamides is 1. The molecule has 0 spiro atoms. The minimum Gasteiger partial charge on any atom is -0.505 e. The molecule has 1 N–H and O–H groups in total. The number of ether oxygens (including phenoxy) is 3. The third kappa shape index (κ3) is 10.8. The van der Waals surface area contributed by atoms with Gasteiger partial charge in [-0.2, -0.15) is 4.31 Å². The molecule has 0 radical (unpaired) electrons. The van der Waals surface area contributed by atoms with Gasteiger partial charge in [-0.1, -0.05) is 42.0 Å². The van der Waals surface area contributed by atoms with E-state index in [1.807, 2.05) is 11.5 Å². The Morgan fingerprint density at radius 3 is 1.85 bits per heavy atom. The first kappa shape index (κ1) is 47.6. The molecule has 0 fully saturated rings. The Balaban J connectivity index is 0.000000252. The third-order valence-corrected chi connectivity index (χ3v) is 15.2. The lowest BCUT2D eigenvalue weighted by molar-refractivity contribution is -0.140. The van der Waals surface area contributed by atoms with Crippen LogP contribution in [0.25, 0.3) is 10.9 Å². The number of nitrogens with zero attached hydrogens (tertiary/aromatic N) is 4. The zero-order chi connectivity index (χ0) is 44.8. The van der Waals surface area contributed by atoms with Crippen molar-refractivity contribution in [3.8, 4) is 5.75 Å². The van der Waals surface area contributed by atoms with Gasteiger partial charge in [0.15, 0.2) is 11.4 Å². The van der Waals surface area contributed by atoms with Gasteiger partial charge in [0.25, 0.3) is 0 Å². The zero-order valence-corrected chi connectivity index (χ0v) is 39.9. The minimum absolute atomic E-state index is 0.0190. The first-order valence-electron chi connectivity index (χ1n) is 17.9. The molecule has 0 aliphatic rings. The molecule has 0 saturated carbocycles. The normalized spacial score (nSPS) is 11.3. The van der Waals surface area contributed by atoms with Gasteiger partial charge < -0.3 is 28.5 Å². The average Bonchev–Trinajstić information content (AvgIpc) is 3.62. The monoisotopic (exact) mass is 1110 g/mol. The highest BCUT2D eigenvalue weighted by Gasteiger charge is 2.33. The van der Waals surface area contributed by atoms with E-state index in [0.29, 0.717) is 41.2 Å². The first-order valence-corrected chi connectivity index (χ1v) is 22.5. The van der Waals surface area contributed by atoms with Crippen molar-refractivity contribution in [1.82, 2.24) is 18.4 Å². The fraction of sp³-hybridized carbons (Fsp3) is 0.220. The number of hydrogen-bond donors (Lipinski definition) is 1. The maximum Gasteiger partial charge on any atom is 0.360 e. The molecule has 13 nitrogen and oxygen atoms in total. The Morgan fingerprint density at radius 1 is 0.787 bits per heavy atom. The van der Waals surface area contributed by atoms with Gasteiger partial charge in [0.05, 0.1) is 63.9 Å². The maximum atomic E-state index is 13.6. The summed E-state index contributed by atoms with van der Waals surface area (Å²) >= 11 is 13.8. The van der Waals surface area contributed by atoms with Crippen LogP contribution in [0.2, 0.25) is 0 Å². The van der Waals surface area contributed by atoms with Gasteiger partial charge in [-0.25, -0.2) is 31.8 Å². The summed E-state index contributed by atoms with van der Waals surface area (Å²) in [5.74, 6) is -3.14. The van der Waals surface area contributed by atoms with Crippen molar-refractivity contribution in [3.05, 3.63) is 142 Å². The highest BCUT2D eigenvalue weighted by Crippen LogP contribution is 2.41. The van der Waals surface area contributed by atoms with Crippen molar-refractivity contribution in [2.75, 3.05) is 27.4 Å². The van der Waals surface area contributed by atoms with Crippen LogP contribution in [-0.2, 0) is 48.7 Å². The molecule has 6 rings (SSSR count). The molecule has 6 aromatic rings. The van der Waals surface area contributed by atoms with E-state index in [9.17, 15) is 36.7 Å². The molecule has 20 heteroatoms. The summed E-state index contributed by atoms with van der Waals surface area (Å²) in [7, 11) is -1.81. The number of halogens is 6. The average molecular weight is 1120 g/mol. The standard InChI is InChI=1S/C25H25Br2FN2O6S.C16H11Br2FN2O3/c1-4-36-25(32)22-20(30(24(27)23(22)26)13-17-7-9-18(28)10-8-17)14-29(15-21(31)35-3)37(33,34)19-11-5-16(2)6-12-19;1-24-16(23)13-14(22)11-10(6-20-13)21(15(18)12(11)17)7-8-2-4-9(19)5-3-8/h5-12H,4,13-15H2,1-3H3;2-6,22H,7H2,1H3. The molecule has 3 aromatic carbocycles. The predicted octanol–water partition coefficient (Wildman–Crippen LogP) is 9.29. The number of fused-ring (bicyclic) bond motifs is 1. The van der Waals surface area contributed by atoms with Crippen LogP contribution in [0.4, 0.5) is 8.78 Å². The molecular formula is C41H36Br4F2N4O9S. The van der Waals surface area contributed by atoms with Crippen molar-refractivity contribution in [3.63, 3.8) is 0 Å². The van der Waals surface area contributed by atoms with Gasteiger partial charge in [-0.05, 0) is 125 Å². The van der Waals surface area contributed by atoms with E-state index in [4.69, 9.17) is 9.47 Å². The number of aromatic nitrogens is 3. The second-order valence-electron chi connectivity index (χ2n) is 13.0. The molecular weight excluding hydrogens is 1080 g/mol. The summed E-state index contributed by atoms with van der Waals surface area (Å²) in [4.78, 5) is 40.9. The molecule has 0 unspecified atom stereocenters. The molecule has 0 amide bonds. The molecule has 0 saturated heterocycles. The Labute approximate surface area is 383 Å². The smallest absolute Gasteiger partial charge is 0.360 e. The van der Waals surface area contributed by atoms with Gasteiger partial charge in [-0.3, -0.25) is 4.79 Å². The molecule has 0 bridgehead atoms. The lowest BCUT2D eigenvalue weighted by atomic mass is 10.2. The van der Waals surface area contributed by atoms with E-state index in [-0.39, 0.29) is 53.1 Å². The lowest BCUT2D eigenvalue weighted by Crippen LogP contribution is -2.37. The Hall–Kier alpha value is -4.47. The summed E-state index contributed by atoms with van der Waals surface area (Å²) < 4.78 is 74.9. The van der Waals surface area contributed by atoms with Gasteiger partial charge in [-0.15, -0.1) is 0 Å². The van der Waals surface area contributed by atoms with E-state index < -0.39 is 40.3 Å². The second-order valence-corrected chi connectivity index (χ2v) is 18.1.